The van der Waals surface area contributed by atoms with Gasteiger partial charge in [0.1, 0.15) is 0 Å². The molecule has 3 atom stereocenters. The topological polar surface area (TPSA) is 85.2 Å². The number of nitrogens with zero attached hydrogens (tertiary/aromatic N) is 1. The molecule has 0 spiro atoms. The molecule has 0 saturated carbocycles. The molecule has 46 heavy (non-hydrogen) atoms. The van der Waals surface area contributed by atoms with Crippen molar-refractivity contribution in [3.63, 3.8) is 0 Å². The number of aromatic nitrogens is 1. The van der Waals surface area contributed by atoms with Gasteiger partial charge in [-0.3, -0.25) is 9.59 Å². The third-order valence-electron chi connectivity index (χ3n) is 8.91. The van der Waals surface area contributed by atoms with Crippen LogP contribution in [0.2, 0.25) is 18.1 Å². The van der Waals surface area contributed by atoms with Crippen molar-refractivity contribution < 1.29 is 33.0 Å². The molecule has 0 bridgehead atoms. The maximum Gasteiger partial charge on any atom is 0.192 e. The lowest BCUT2D eigenvalue weighted by atomic mass is 10.1. The largest absolute Gasteiger partial charge is 0.409 e. The normalized spacial score (nSPS) is 17.0. The summed E-state index contributed by atoms with van der Waals surface area (Å²) in [6.45, 7) is 13.0. The predicted octanol–water partition coefficient (Wildman–Crippen LogP) is 7.50. The summed E-state index contributed by atoms with van der Waals surface area (Å²) < 4.78 is 33.2. The Kier molecular flexibility index (Phi) is 13.5. The molecule has 4 rings (SSSR count). The smallest absolute Gasteiger partial charge is 0.192 e. The van der Waals surface area contributed by atoms with Gasteiger partial charge in [0, 0.05) is 18.7 Å². The molecule has 1 fully saturated rings. The molecule has 3 aromatic rings. The van der Waals surface area contributed by atoms with Gasteiger partial charge in [-0.1, -0.05) is 81.4 Å². The molecule has 250 valence electrons. The van der Waals surface area contributed by atoms with Crippen LogP contribution in [0, 0.1) is 0 Å². The highest BCUT2D eigenvalue weighted by atomic mass is 28.4. The lowest BCUT2D eigenvalue weighted by Crippen LogP contribution is -2.49. The van der Waals surface area contributed by atoms with Crippen molar-refractivity contribution in [1.82, 2.24) is 4.57 Å². The number of hydrogen-bond acceptors (Lipinski definition) is 7. The fourth-order valence-electron chi connectivity index (χ4n) is 5.15. The van der Waals surface area contributed by atoms with E-state index in [1.165, 1.54) is 0 Å². The zero-order chi connectivity index (χ0) is 33.0. The summed E-state index contributed by atoms with van der Waals surface area (Å²) in [5.41, 5.74) is 3.26. The molecule has 1 aliphatic rings. The summed E-state index contributed by atoms with van der Waals surface area (Å²) in [5, 5.41) is -0.0559. The van der Waals surface area contributed by atoms with E-state index < -0.39 is 20.5 Å². The molecule has 1 saturated heterocycles. The van der Waals surface area contributed by atoms with E-state index >= 15 is 0 Å². The van der Waals surface area contributed by atoms with Crippen molar-refractivity contribution in [2.75, 3.05) is 13.2 Å². The van der Waals surface area contributed by atoms with Crippen LogP contribution in [-0.4, -0.2) is 56.7 Å². The van der Waals surface area contributed by atoms with Gasteiger partial charge in [0.25, 0.3) is 0 Å². The maximum atomic E-state index is 13.9. The van der Waals surface area contributed by atoms with E-state index in [1.807, 2.05) is 66.7 Å². The van der Waals surface area contributed by atoms with Crippen LogP contribution in [0.4, 0.5) is 0 Å². The number of Topliss-reactive ketones (excluding diaryl/α,β-unsaturated/α-hetero) is 1. The third-order valence-corrected chi connectivity index (χ3v) is 13.4. The molecule has 1 aromatic heterocycles. The monoisotopic (exact) mass is 649 g/mol. The van der Waals surface area contributed by atoms with Gasteiger partial charge in [0.2, 0.25) is 0 Å². The van der Waals surface area contributed by atoms with Crippen LogP contribution in [0.1, 0.15) is 73.8 Å². The molecule has 1 aliphatic heterocycles. The zero-order valence-electron chi connectivity index (χ0n) is 28.1. The van der Waals surface area contributed by atoms with Crippen molar-refractivity contribution in [2.45, 2.75) is 109 Å². The Morgan fingerprint density at radius 3 is 2.22 bits per heavy atom. The molecule has 9 heteroatoms. The number of aldehydes is 1. The van der Waals surface area contributed by atoms with E-state index in [2.05, 4.69) is 33.9 Å². The highest BCUT2D eigenvalue weighted by Crippen LogP contribution is 2.38. The van der Waals surface area contributed by atoms with E-state index in [-0.39, 0.29) is 43.3 Å². The average Bonchev–Trinajstić information content (AvgIpc) is 3.43. The Morgan fingerprint density at radius 1 is 0.935 bits per heavy atom. The number of benzene rings is 2. The molecule has 0 radical (unpaired) electrons. The molecular weight excluding hydrogens is 598 g/mol. The van der Waals surface area contributed by atoms with E-state index in [4.69, 9.17) is 23.4 Å². The van der Waals surface area contributed by atoms with Crippen LogP contribution < -0.4 is 0 Å². The minimum absolute atomic E-state index is 0.0220. The second kappa shape index (κ2) is 17.3. The van der Waals surface area contributed by atoms with Gasteiger partial charge in [-0.25, -0.2) is 0 Å². The molecule has 2 aromatic carbocycles. The summed E-state index contributed by atoms with van der Waals surface area (Å²) in [5.74, 6) is -0.0700. The maximum absolute atomic E-state index is 13.9. The lowest BCUT2D eigenvalue weighted by molar-refractivity contribution is -0.169. The van der Waals surface area contributed by atoms with Crippen LogP contribution in [0.25, 0.3) is 0 Å². The van der Waals surface area contributed by atoms with Gasteiger partial charge in [-0.05, 0) is 60.7 Å². The number of ketones is 1. The zero-order valence-corrected chi connectivity index (χ0v) is 29.1. The van der Waals surface area contributed by atoms with Gasteiger partial charge in [-0.15, -0.1) is 0 Å². The standard InChI is InChI=1S/C37H51NO7Si/c1-37(2,3)46(4,5)45-35(28-41-25-29-14-8-6-9-15-29)34(43-26-30-16-10-7-11-17-30)22-33(40)23-38-31(24-39)19-20-32(38)27-44-36-18-12-13-21-42-36/h6-11,14-17,19-20,24,34-36H,12-13,18,21-23,25-28H2,1-5H3/t34-,35+,36?/m0/s1. The Labute approximate surface area is 275 Å². The van der Waals surface area contributed by atoms with Crippen molar-refractivity contribution in [3.8, 4) is 0 Å². The van der Waals surface area contributed by atoms with Gasteiger partial charge >= 0.3 is 0 Å². The van der Waals surface area contributed by atoms with Crippen molar-refractivity contribution in [1.29, 1.82) is 0 Å². The summed E-state index contributed by atoms with van der Waals surface area (Å²) in [6.07, 6.45) is 2.49. The number of ether oxygens (including phenoxy) is 4. The first-order valence-electron chi connectivity index (χ1n) is 16.4. The Morgan fingerprint density at radius 2 is 1.61 bits per heavy atom. The summed E-state index contributed by atoms with van der Waals surface area (Å²) in [6, 6.07) is 23.5. The number of rotatable bonds is 18. The molecule has 8 nitrogen and oxygen atoms in total. The SMILES string of the molecule is CC(C)(C)[Si](C)(C)O[C@H](COCc1ccccc1)[C@H](CC(=O)Cn1c(C=O)ccc1COC1CCCCO1)OCc1ccccc1. The molecule has 2 heterocycles. The summed E-state index contributed by atoms with van der Waals surface area (Å²) in [4.78, 5) is 25.8. The van der Waals surface area contributed by atoms with Gasteiger partial charge < -0.3 is 27.9 Å². The Balaban J connectivity index is 1.53. The predicted molar refractivity (Wildman–Crippen MR) is 181 cm³/mol. The van der Waals surface area contributed by atoms with Crippen LogP contribution in [0.5, 0.6) is 0 Å². The van der Waals surface area contributed by atoms with Crippen LogP contribution in [0.15, 0.2) is 72.8 Å². The number of carbonyl (C=O) groups is 2. The van der Waals surface area contributed by atoms with Gasteiger partial charge in [-0.2, -0.15) is 0 Å². The van der Waals surface area contributed by atoms with Crippen LogP contribution in [0.3, 0.4) is 0 Å². The first-order chi connectivity index (χ1) is 22.1. The second-order valence-corrected chi connectivity index (χ2v) is 18.3. The van der Waals surface area contributed by atoms with Gasteiger partial charge in [0.05, 0.1) is 50.9 Å². The second-order valence-electron chi connectivity index (χ2n) is 13.6. The summed E-state index contributed by atoms with van der Waals surface area (Å²) in [7, 11) is -2.29. The lowest BCUT2D eigenvalue weighted by Gasteiger charge is -2.41. The third kappa shape index (κ3) is 10.8. The molecular formula is C37H51NO7Si. The van der Waals surface area contributed by atoms with Gasteiger partial charge in [0.15, 0.2) is 26.7 Å². The fourth-order valence-corrected chi connectivity index (χ4v) is 6.48. The van der Waals surface area contributed by atoms with Crippen LogP contribution >= 0.6 is 0 Å². The number of carbonyl (C=O) groups excluding carboxylic acids is 2. The van der Waals surface area contributed by atoms with Crippen molar-refractivity contribution in [2.24, 2.45) is 0 Å². The minimum Gasteiger partial charge on any atom is -0.409 e. The van der Waals surface area contributed by atoms with Crippen molar-refractivity contribution >= 4 is 20.4 Å². The Hall–Kier alpha value is -2.92. The van der Waals surface area contributed by atoms with E-state index in [9.17, 15) is 9.59 Å². The molecule has 0 N–H and O–H groups in total. The van der Waals surface area contributed by atoms with E-state index in [0.717, 1.165) is 42.4 Å². The summed E-state index contributed by atoms with van der Waals surface area (Å²) >= 11 is 0. The quantitative estimate of drug-likeness (QED) is 0.104. The highest BCUT2D eigenvalue weighted by Gasteiger charge is 2.41. The average molecular weight is 650 g/mol. The van der Waals surface area contributed by atoms with E-state index in [1.54, 1.807) is 10.6 Å². The first kappa shape index (κ1) is 35.9. The van der Waals surface area contributed by atoms with Crippen molar-refractivity contribution in [3.05, 3.63) is 95.3 Å². The molecule has 0 amide bonds. The minimum atomic E-state index is -2.29. The highest BCUT2D eigenvalue weighted by molar-refractivity contribution is 6.74. The number of hydrogen-bond donors (Lipinski definition) is 0. The molecule has 0 aliphatic carbocycles. The van der Waals surface area contributed by atoms with E-state index in [0.29, 0.717) is 25.5 Å². The first-order valence-corrected chi connectivity index (χ1v) is 19.3. The fraction of sp³-hybridized carbons (Fsp3) is 0.514. The molecule has 1 unspecified atom stereocenters. The van der Waals surface area contributed by atoms with Crippen LogP contribution in [-0.2, 0) is 54.5 Å². The Bertz CT molecular complexity index is 1350.